The van der Waals surface area contributed by atoms with Crippen LogP contribution < -0.4 is 9.47 Å². The molecule has 2 heterocycles. The van der Waals surface area contributed by atoms with Gasteiger partial charge < -0.3 is 0 Å². The molecule has 0 bridgehead atoms. The van der Waals surface area contributed by atoms with Crippen LogP contribution in [-0.2, 0) is 11.2 Å². The Morgan fingerprint density at radius 3 is 1.09 bits per heavy atom. The molecule has 0 aliphatic carbocycles. The molecule has 1 radical (unpaired) electrons. The van der Waals surface area contributed by atoms with Crippen molar-refractivity contribution in [2.24, 2.45) is 0 Å². The summed E-state index contributed by atoms with van der Waals surface area (Å²) in [6, 6.07) is 30.5. The fourth-order valence-corrected chi connectivity index (χ4v) is 5.94. The summed E-state index contributed by atoms with van der Waals surface area (Å²) >= 11 is -3.43. The summed E-state index contributed by atoms with van der Waals surface area (Å²) in [5, 5.41) is 0. The number of hydrogen-bond acceptors (Lipinski definition) is 5. The van der Waals surface area contributed by atoms with E-state index in [1.807, 2.05) is 97.1 Å². The molecule has 0 unspecified atom stereocenters. The van der Waals surface area contributed by atoms with Crippen molar-refractivity contribution >= 4 is 15.3 Å². The van der Waals surface area contributed by atoms with Crippen molar-refractivity contribution in [3.63, 3.8) is 0 Å². The van der Waals surface area contributed by atoms with Crippen molar-refractivity contribution in [3.8, 4) is 23.0 Å². The average molecular weight is 485 g/mol. The van der Waals surface area contributed by atoms with E-state index < -0.39 is 27.5 Å². The van der Waals surface area contributed by atoms with E-state index >= 15 is 0 Å². The molecular weight excluding hydrogens is 467 g/mol. The first-order chi connectivity index (χ1) is 15.8. The quantitative estimate of drug-likeness (QED) is 0.321. The van der Waals surface area contributed by atoms with Crippen molar-refractivity contribution < 1.29 is 20.7 Å². The zero-order chi connectivity index (χ0) is 21.5. The second-order valence-corrected chi connectivity index (χ2v) is 9.37. The third-order valence-corrected chi connectivity index (χ3v) is 7.24. The Kier molecular flexibility index (Phi) is 4.88. The van der Waals surface area contributed by atoms with Crippen molar-refractivity contribution in [1.29, 1.82) is 0 Å². The molecule has 0 saturated heterocycles. The summed E-state index contributed by atoms with van der Waals surface area (Å²) in [5.41, 5.74) is 3.33. The Morgan fingerprint density at radius 1 is 0.500 bits per heavy atom. The molecule has 4 aromatic carbocycles. The van der Waals surface area contributed by atoms with Crippen LogP contribution in [-0.4, -0.2) is 15.3 Å². The molecule has 0 saturated carbocycles. The van der Waals surface area contributed by atoms with Gasteiger partial charge in [-0.25, -0.2) is 0 Å². The van der Waals surface area contributed by atoms with Crippen LogP contribution in [0.1, 0.15) is 34.5 Å². The van der Waals surface area contributed by atoms with Crippen LogP contribution in [0.15, 0.2) is 97.1 Å². The molecule has 5 nitrogen and oxygen atoms in total. The molecular formula is C26H18AsO5. The van der Waals surface area contributed by atoms with Gasteiger partial charge in [0.2, 0.25) is 0 Å². The fraction of sp³-hybridized carbons (Fsp3) is 0.0769. The summed E-state index contributed by atoms with van der Waals surface area (Å²) in [6.45, 7) is 0. The Bertz CT molecular complexity index is 1140. The molecule has 2 aliphatic rings. The Hall–Kier alpha value is -3.24. The van der Waals surface area contributed by atoms with Crippen LogP contribution >= 0.6 is 0 Å². The molecule has 0 amide bonds. The van der Waals surface area contributed by atoms with Crippen LogP contribution in [0, 0.1) is 0 Å². The molecule has 6 heteroatoms. The fourth-order valence-electron chi connectivity index (χ4n) is 4.16. The minimum absolute atomic E-state index is 0.529. The summed E-state index contributed by atoms with van der Waals surface area (Å²) < 4.78 is 37.6. The molecule has 6 rings (SSSR count). The normalized spacial score (nSPS) is 14.2. The Balaban J connectivity index is 1.34. The van der Waals surface area contributed by atoms with Gasteiger partial charge in [-0.1, -0.05) is 0 Å². The topological polar surface area (TPSA) is 54.0 Å². The second kappa shape index (κ2) is 8.03. The van der Waals surface area contributed by atoms with Gasteiger partial charge in [0, 0.05) is 0 Å². The van der Waals surface area contributed by atoms with E-state index in [0.29, 0.717) is 23.0 Å². The van der Waals surface area contributed by atoms with E-state index in [2.05, 4.69) is 0 Å². The van der Waals surface area contributed by atoms with Gasteiger partial charge in [-0.3, -0.25) is 0 Å². The van der Waals surface area contributed by atoms with Crippen molar-refractivity contribution in [2.45, 2.75) is 12.2 Å². The standard InChI is InChI=1S/C26H18AsO5/c28-27(31-25-17-9-1-5-13-21(17)29-22-14-6-2-10-18(22)25)32-26-19-11-3-7-15-23(19)30-24-16-8-4-12-20(24)26/h1-16,25-26H. The van der Waals surface area contributed by atoms with Gasteiger partial charge in [-0.15, -0.1) is 0 Å². The van der Waals surface area contributed by atoms with Crippen LogP contribution in [0.25, 0.3) is 0 Å². The first kappa shape index (κ1) is 19.4. The van der Waals surface area contributed by atoms with Gasteiger partial charge in [0.05, 0.1) is 0 Å². The van der Waals surface area contributed by atoms with E-state index in [4.69, 9.17) is 16.9 Å². The Morgan fingerprint density at radius 2 is 0.781 bits per heavy atom. The molecule has 0 spiro atoms. The summed E-state index contributed by atoms with van der Waals surface area (Å²) in [6.07, 6.45) is -1.06. The first-order valence-electron chi connectivity index (χ1n) is 10.3. The molecule has 157 valence electrons. The molecule has 32 heavy (non-hydrogen) atoms. The number of ether oxygens (including phenoxy) is 2. The van der Waals surface area contributed by atoms with E-state index in [-0.39, 0.29) is 0 Å². The number of rotatable bonds is 4. The van der Waals surface area contributed by atoms with Gasteiger partial charge in [0.25, 0.3) is 0 Å². The SMILES string of the molecule is O=[As](OC1c2ccccc2Oc2ccccc21)OC1c2ccccc2Oc2ccccc21. The minimum atomic E-state index is -3.43. The predicted molar refractivity (Wildman–Crippen MR) is 118 cm³/mol. The van der Waals surface area contributed by atoms with E-state index in [1.165, 1.54) is 0 Å². The number of benzene rings is 4. The first-order valence-corrected chi connectivity index (χ1v) is 12.6. The predicted octanol–water partition coefficient (Wildman–Crippen LogP) is 6.23. The van der Waals surface area contributed by atoms with Gasteiger partial charge in [0.1, 0.15) is 0 Å². The molecule has 4 aromatic rings. The van der Waals surface area contributed by atoms with Gasteiger partial charge in [-0.2, -0.15) is 0 Å². The zero-order valence-corrected chi connectivity index (χ0v) is 18.8. The van der Waals surface area contributed by atoms with E-state index in [0.717, 1.165) is 22.3 Å². The average Bonchev–Trinajstić information content (AvgIpc) is 2.84. The number of para-hydroxylation sites is 4. The number of hydrogen-bond donors (Lipinski definition) is 0. The molecule has 2 aliphatic heterocycles. The third kappa shape index (κ3) is 3.35. The molecule has 0 aromatic heterocycles. The molecule has 0 fully saturated rings. The summed E-state index contributed by atoms with van der Waals surface area (Å²) in [4.78, 5) is 0. The maximum atomic E-state index is 13.3. The van der Waals surface area contributed by atoms with Crippen molar-refractivity contribution in [3.05, 3.63) is 119 Å². The zero-order valence-electron chi connectivity index (χ0n) is 16.9. The van der Waals surface area contributed by atoms with Crippen molar-refractivity contribution in [1.82, 2.24) is 0 Å². The van der Waals surface area contributed by atoms with Crippen LogP contribution in [0.4, 0.5) is 0 Å². The molecule has 0 N–H and O–H groups in total. The monoisotopic (exact) mass is 485 g/mol. The Labute approximate surface area is 190 Å². The van der Waals surface area contributed by atoms with Crippen LogP contribution in [0.3, 0.4) is 0 Å². The van der Waals surface area contributed by atoms with Crippen LogP contribution in [0.5, 0.6) is 23.0 Å². The third-order valence-electron chi connectivity index (χ3n) is 5.63. The van der Waals surface area contributed by atoms with Crippen molar-refractivity contribution in [2.75, 3.05) is 0 Å². The van der Waals surface area contributed by atoms with Gasteiger partial charge >= 0.3 is 190 Å². The number of fused-ring (bicyclic) bond motifs is 4. The maximum absolute atomic E-state index is 13.3. The van der Waals surface area contributed by atoms with Gasteiger partial charge in [0.15, 0.2) is 0 Å². The summed E-state index contributed by atoms with van der Waals surface area (Å²) in [7, 11) is 0. The van der Waals surface area contributed by atoms with Crippen LogP contribution in [0.2, 0.25) is 0 Å². The summed E-state index contributed by atoms with van der Waals surface area (Å²) in [5.74, 6) is 2.78. The van der Waals surface area contributed by atoms with E-state index in [9.17, 15) is 3.74 Å². The van der Waals surface area contributed by atoms with Gasteiger partial charge in [-0.05, 0) is 0 Å². The second-order valence-electron chi connectivity index (χ2n) is 7.55. The molecule has 0 atom stereocenters. The van der Waals surface area contributed by atoms with E-state index in [1.54, 1.807) is 0 Å².